The van der Waals surface area contributed by atoms with E-state index in [1.54, 1.807) is 14.0 Å². The molecule has 84 valence electrons. The van der Waals surface area contributed by atoms with Gasteiger partial charge in [0, 0.05) is 23.1 Å². The highest BCUT2D eigenvalue weighted by Crippen LogP contribution is 2.23. The molecule has 4 heteroatoms. The van der Waals surface area contributed by atoms with Crippen LogP contribution >= 0.6 is 15.9 Å². The number of rotatable bonds is 5. The average Bonchev–Trinajstić information content (AvgIpc) is 2.19. The van der Waals surface area contributed by atoms with Crippen LogP contribution in [0.4, 0.5) is 0 Å². The Morgan fingerprint density at radius 3 is 2.87 bits per heavy atom. The molecule has 0 aliphatic heterocycles. The second-order valence-corrected chi connectivity index (χ2v) is 4.35. The normalized spacial score (nSPS) is 12.5. The van der Waals surface area contributed by atoms with E-state index in [4.69, 9.17) is 9.84 Å². The third kappa shape index (κ3) is 4.20. The quantitative estimate of drug-likeness (QED) is 0.862. The molecule has 2 N–H and O–H groups in total. The zero-order valence-electron chi connectivity index (χ0n) is 8.96. The van der Waals surface area contributed by atoms with E-state index in [2.05, 4.69) is 21.2 Å². The van der Waals surface area contributed by atoms with Crippen molar-refractivity contribution < 1.29 is 9.84 Å². The third-order valence-electron chi connectivity index (χ3n) is 2.00. The first kappa shape index (κ1) is 12.5. The summed E-state index contributed by atoms with van der Waals surface area (Å²) in [5.74, 6) is 0.850. The Balaban J connectivity index is 2.60. The van der Waals surface area contributed by atoms with Crippen molar-refractivity contribution in [3.63, 3.8) is 0 Å². The molecule has 0 fully saturated rings. The van der Waals surface area contributed by atoms with Crippen molar-refractivity contribution in [1.82, 2.24) is 5.32 Å². The van der Waals surface area contributed by atoms with Crippen LogP contribution in [-0.2, 0) is 6.54 Å². The van der Waals surface area contributed by atoms with Gasteiger partial charge in [0.25, 0.3) is 0 Å². The molecule has 15 heavy (non-hydrogen) atoms. The number of aliphatic hydroxyl groups is 1. The maximum atomic E-state index is 9.10. The third-order valence-corrected chi connectivity index (χ3v) is 2.50. The Kier molecular flexibility index (Phi) is 5.08. The van der Waals surface area contributed by atoms with Crippen LogP contribution in [0.15, 0.2) is 22.7 Å². The summed E-state index contributed by atoms with van der Waals surface area (Å²) in [7, 11) is 1.65. The van der Waals surface area contributed by atoms with Crippen LogP contribution in [0.5, 0.6) is 5.75 Å². The Morgan fingerprint density at radius 2 is 2.27 bits per heavy atom. The topological polar surface area (TPSA) is 41.5 Å². The van der Waals surface area contributed by atoms with Crippen molar-refractivity contribution in [2.24, 2.45) is 0 Å². The van der Waals surface area contributed by atoms with Crippen LogP contribution in [0.25, 0.3) is 0 Å². The van der Waals surface area contributed by atoms with E-state index < -0.39 is 0 Å². The van der Waals surface area contributed by atoms with Crippen molar-refractivity contribution in [1.29, 1.82) is 0 Å². The minimum absolute atomic E-state index is 0.327. The van der Waals surface area contributed by atoms with Crippen molar-refractivity contribution >= 4 is 15.9 Å². The number of methoxy groups -OCH3 is 1. The van der Waals surface area contributed by atoms with Gasteiger partial charge in [-0.15, -0.1) is 0 Å². The number of benzene rings is 1. The van der Waals surface area contributed by atoms with Crippen LogP contribution in [0.2, 0.25) is 0 Å². The summed E-state index contributed by atoms with van der Waals surface area (Å²) in [4.78, 5) is 0. The fourth-order valence-corrected chi connectivity index (χ4v) is 1.62. The zero-order chi connectivity index (χ0) is 11.3. The van der Waals surface area contributed by atoms with Crippen LogP contribution < -0.4 is 10.1 Å². The van der Waals surface area contributed by atoms with E-state index in [1.165, 1.54) is 0 Å². The maximum Gasteiger partial charge on any atom is 0.124 e. The number of nitrogens with one attached hydrogen (secondary N) is 1. The van der Waals surface area contributed by atoms with E-state index in [0.717, 1.165) is 15.8 Å². The summed E-state index contributed by atoms with van der Waals surface area (Å²) >= 11 is 3.39. The molecule has 0 unspecified atom stereocenters. The first-order chi connectivity index (χ1) is 7.13. The lowest BCUT2D eigenvalue weighted by Crippen LogP contribution is -2.24. The molecule has 0 heterocycles. The van der Waals surface area contributed by atoms with Crippen LogP contribution in [-0.4, -0.2) is 24.9 Å². The molecule has 0 saturated carbocycles. The van der Waals surface area contributed by atoms with Crippen molar-refractivity contribution in [2.45, 2.75) is 19.6 Å². The Morgan fingerprint density at radius 1 is 1.53 bits per heavy atom. The average molecular weight is 274 g/mol. The molecule has 0 saturated heterocycles. The molecule has 0 bridgehead atoms. The standard InChI is InChI=1S/C11H16BrNO2/c1-8(14)6-13-7-9-3-4-10(12)5-11(9)15-2/h3-5,8,13-14H,6-7H2,1-2H3/t8-/m0/s1. The summed E-state index contributed by atoms with van der Waals surface area (Å²) < 4.78 is 6.25. The van der Waals surface area contributed by atoms with Crippen LogP contribution in [0.1, 0.15) is 12.5 Å². The lowest BCUT2D eigenvalue weighted by molar-refractivity contribution is 0.191. The van der Waals surface area contributed by atoms with E-state index >= 15 is 0 Å². The summed E-state index contributed by atoms with van der Waals surface area (Å²) in [5, 5.41) is 12.2. The minimum atomic E-state index is -0.327. The van der Waals surface area contributed by atoms with Gasteiger partial charge in [-0.2, -0.15) is 0 Å². The maximum absolute atomic E-state index is 9.10. The van der Waals surface area contributed by atoms with Crippen molar-refractivity contribution in [2.75, 3.05) is 13.7 Å². The fraction of sp³-hybridized carbons (Fsp3) is 0.455. The molecule has 0 aliphatic rings. The summed E-state index contributed by atoms with van der Waals surface area (Å²) in [6.45, 7) is 3.03. The predicted octanol–water partition coefficient (Wildman–Crippen LogP) is 1.93. The lowest BCUT2D eigenvalue weighted by atomic mass is 10.2. The first-order valence-electron chi connectivity index (χ1n) is 4.84. The monoisotopic (exact) mass is 273 g/mol. The van der Waals surface area contributed by atoms with Gasteiger partial charge in [0.15, 0.2) is 0 Å². The highest BCUT2D eigenvalue weighted by Gasteiger charge is 2.03. The predicted molar refractivity (Wildman–Crippen MR) is 64.1 cm³/mol. The van der Waals surface area contributed by atoms with Gasteiger partial charge in [-0.1, -0.05) is 22.0 Å². The van der Waals surface area contributed by atoms with E-state index in [-0.39, 0.29) is 6.10 Å². The SMILES string of the molecule is COc1cc(Br)ccc1CNC[C@H](C)O. The molecule has 0 radical (unpaired) electrons. The number of hydrogen-bond acceptors (Lipinski definition) is 3. The van der Waals surface area contributed by atoms with Crippen molar-refractivity contribution in [3.8, 4) is 5.75 Å². The van der Waals surface area contributed by atoms with Crippen LogP contribution in [0.3, 0.4) is 0 Å². The molecular weight excluding hydrogens is 258 g/mol. The van der Waals surface area contributed by atoms with Gasteiger partial charge < -0.3 is 15.2 Å². The van der Waals surface area contributed by atoms with Gasteiger partial charge in [0.2, 0.25) is 0 Å². The zero-order valence-corrected chi connectivity index (χ0v) is 10.5. The smallest absolute Gasteiger partial charge is 0.124 e. The molecule has 0 spiro atoms. The Labute approximate surface area is 98.6 Å². The molecule has 0 aliphatic carbocycles. The Bertz CT molecular complexity index is 315. The summed E-state index contributed by atoms with van der Waals surface area (Å²) in [6, 6.07) is 5.90. The largest absolute Gasteiger partial charge is 0.496 e. The van der Waals surface area contributed by atoms with E-state index in [0.29, 0.717) is 13.1 Å². The number of ether oxygens (including phenoxy) is 1. The molecule has 3 nitrogen and oxygen atoms in total. The molecule has 1 rings (SSSR count). The van der Waals surface area contributed by atoms with Crippen LogP contribution in [0, 0.1) is 0 Å². The van der Waals surface area contributed by atoms with Crippen molar-refractivity contribution in [3.05, 3.63) is 28.2 Å². The number of hydrogen-bond donors (Lipinski definition) is 2. The van der Waals surface area contributed by atoms with E-state index in [1.807, 2.05) is 18.2 Å². The fourth-order valence-electron chi connectivity index (χ4n) is 1.28. The van der Waals surface area contributed by atoms with Gasteiger partial charge >= 0.3 is 0 Å². The first-order valence-corrected chi connectivity index (χ1v) is 5.64. The highest BCUT2D eigenvalue weighted by molar-refractivity contribution is 9.10. The number of halogens is 1. The molecule has 1 aromatic carbocycles. The lowest BCUT2D eigenvalue weighted by Gasteiger charge is -2.11. The van der Waals surface area contributed by atoms with Gasteiger partial charge in [0.05, 0.1) is 13.2 Å². The van der Waals surface area contributed by atoms with Gasteiger partial charge in [0.1, 0.15) is 5.75 Å². The number of aliphatic hydroxyl groups excluding tert-OH is 1. The molecule has 1 aromatic rings. The second-order valence-electron chi connectivity index (χ2n) is 3.44. The molecule has 1 atom stereocenters. The minimum Gasteiger partial charge on any atom is -0.496 e. The van der Waals surface area contributed by atoms with Gasteiger partial charge in [-0.25, -0.2) is 0 Å². The highest BCUT2D eigenvalue weighted by atomic mass is 79.9. The summed E-state index contributed by atoms with van der Waals surface area (Å²) in [5.41, 5.74) is 1.08. The molecule has 0 amide bonds. The molecule has 0 aromatic heterocycles. The Hall–Kier alpha value is -0.580. The molecular formula is C11H16BrNO2. The van der Waals surface area contributed by atoms with Gasteiger partial charge in [-0.05, 0) is 19.1 Å². The summed E-state index contributed by atoms with van der Waals surface area (Å²) in [6.07, 6.45) is -0.327. The van der Waals surface area contributed by atoms with Gasteiger partial charge in [-0.3, -0.25) is 0 Å². The second kappa shape index (κ2) is 6.10. The van der Waals surface area contributed by atoms with E-state index in [9.17, 15) is 0 Å².